The summed E-state index contributed by atoms with van der Waals surface area (Å²) in [6.07, 6.45) is 0.969. The minimum absolute atomic E-state index is 0.136. The van der Waals surface area contributed by atoms with Gasteiger partial charge in [-0.25, -0.2) is 4.39 Å². The Morgan fingerprint density at radius 3 is 2.19 bits per heavy atom. The largest absolute Gasteiger partial charge is 0.374 e. The van der Waals surface area contributed by atoms with Crippen molar-refractivity contribution in [3.63, 3.8) is 0 Å². The standard InChI is InChI=1S/C17H19FN2O/c1-3-13-4-8-16(9-5-13)20-17(21)12(2)19-15-10-6-14(18)7-11-15/h4-12,19H,3H2,1-2H3,(H,20,21). The molecule has 0 saturated carbocycles. The number of benzene rings is 2. The van der Waals surface area contributed by atoms with Crippen LogP contribution in [0.15, 0.2) is 48.5 Å². The van der Waals surface area contributed by atoms with Gasteiger partial charge in [-0.15, -0.1) is 0 Å². The van der Waals surface area contributed by atoms with Gasteiger partial charge in [0.1, 0.15) is 11.9 Å². The van der Waals surface area contributed by atoms with Crippen molar-refractivity contribution in [2.45, 2.75) is 26.3 Å². The summed E-state index contributed by atoms with van der Waals surface area (Å²) in [5.74, 6) is -0.433. The molecule has 1 unspecified atom stereocenters. The average Bonchev–Trinajstić information content (AvgIpc) is 2.50. The third-order valence-electron chi connectivity index (χ3n) is 3.25. The predicted molar refractivity (Wildman–Crippen MR) is 83.9 cm³/mol. The molecule has 4 heteroatoms. The zero-order valence-corrected chi connectivity index (χ0v) is 12.2. The monoisotopic (exact) mass is 286 g/mol. The fraction of sp³-hybridized carbons (Fsp3) is 0.235. The third kappa shape index (κ3) is 4.31. The quantitative estimate of drug-likeness (QED) is 0.877. The second kappa shape index (κ2) is 6.88. The lowest BCUT2D eigenvalue weighted by Crippen LogP contribution is -2.31. The van der Waals surface area contributed by atoms with Gasteiger partial charge in [0.15, 0.2) is 0 Å². The summed E-state index contributed by atoms with van der Waals surface area (Å²) in [5, 5.41) is 5.88. The maximum atomic E-state index is 12.8. The molecule has 2 aromatic carbocycles. The molecule has 2 rings (SSSR count). The van der Waals surface area contributed by atoms with Gasteiger partial charge in [-0.2, -0.15) is 0 Å². The van der Waals surface area contributed by atoms with Crippen LogP contribution >= 0.6 is 0 Å². The number of amides is 1. The highest BCUT2D eigenvalue weighted by atomic mass is 19.1. The molecular weight excluding hydrogens is 267 g/mol. The van der Waals surface area contributed by atoms with Crippen molar-refractivity contribution in [2.24, 2.45) is 0 Å². The first kappa shape index (κ1) is 15.0. The van der Waals surface area contributed by atoms with Crippen LogP contribution in [0.1, 0.15) is 19.4 Å². The lowest BCUT2D eigenvalue weighted by molar-refractivity contribution is -0.116. The van der Waals surface area contributed by atoms with Gasteiger partial charge in [0.25, 0.3) is 0 Å². The van der Waals surface area contributed by atoms with E-state index in [2.05, 4.69) is 17.6 Å². The molecule has 1 atom stereocenters. The number of rotatable bonds is 5. The summed E-state index contributed by atoms with van der Waals surface area (Å²) < 4.78 is 12.8. The number of carbonyl (C=O) groups excluding carboxylic acids is 1. The second-order valence-corrected chi connectivity index (χ2v) is 4.91. The van der Waals surface area contributed by atoms with Crippen LogP contribution in [0.2, 0.25) is 0 Å². The Labute approximate surface area is 124 Å². The van der Waals surface area contributed by atoms with E-state index in [0.717, 1.165) is 12.1 Å². The molecule has 0 aliphatic carbocycles. The first-order valence-electron chi connectivity index (χ1n) is 7.00. The van der Waals surface area contributed by atoms with Crippen molar-refractivity contribution in [1.82, 2.24) is 0 Å². The average molecular weight is 286 g/mol. The van der Waals surface area contributed by atoms with Crippen LogP contribution in [0.5, 0.6) is 0 Å². The van der Waals surface area contributed by atoms with Gasteiger partial charge in [0.05, 0.1) is 0 Å². The number of hydrogen-bond donors (Lipinski definition) is 2. The number of halogens is 1. The van der Waals surface area contributed by atoms with Crippen LogP contribution in [0, 0.1) is 5.82 Å². The SMILES string of the molecule is CCc1ccc(NC(=O)C(C)Nc2ccc(F)cc2)cc1. The highest BCUT2D eigenvalue weighted by Gasteiger charge is 2.12. The van der Waals surface area contributed by atoms with Crippen molar-refractivity contribution >= 4 is 17.3 Å². The zero-order valence-electron chi connectivity index (χ0n) is 12.2. The molecule has 21 heavy (non-hydrogen) atoms. The molecule has 0 radical (unpaired) electrons. The molecule has 2 N–H and O–H groups in total. The van der Waals surface area contributed by atoms with Gasteiger partial charge in [-0.1, -0.05) is 19.1 Å². The molecule has 0 aliphatic heterocycles. The summed E-state index contributed by atoms with van der Waals surface area (Å²) in [4.78, 5) is 12.1. The molecule has 110 valence electrons. The van der Waals surface area contributed by atoms with Gasteiger partial charge < -0.3 is 10.6 Å². The molecule has 0 saturated heterocycles. The van der Waals surface area contributed by atoms with Crippen molar-refractivity contribution < 1.29 is 9.18 Å². The van der Waals surface area contributed by atoms with Gasteiger partial charge in [-0.3, -0.25) is 4.79 Å². The summed E-state index contributed by atoms with van der Waals surface area (Å²) in [6.45, 7) is 3.85. The Kier molecular flexibility index (Phi) is 4.93. The molecule has 0 fully saturated rings. The Hall–Kier alpha value is -2.36. The Morgan fingerprint density at radius 1 is 1.05 bits per heavy atom. The smallest absolute Gasteiger partial charge is 0.246 e. The Morgan fingerprint density at radius 2 is 1.62 bits per heavy atom. The van der Waals surface area contributed by atoms with Crippen LogP contribution in [0.3, 0.4) is 0 Å². The molecule has 0 heterocycles. The molecule has 0 aliphatic rings. The van der Waals surface area contributed by atoms with E-state index >= 15 is 0 Å². The van der Waals surface area contributed by atoms with Crippen molar-refractivity contribution in [1.29, 1.82) is 0 Å². The number of nitrogens with one attached hydrogen (secondary N) is 2. The van der Waals surface area contributed by atoms with Crippen molar-refractivity contribution in [3.8, 4) is 0 Å². The molecule has 0 bridgehead atoms. The molecule has 0 aromatic heterocycles. The van der Waals surface area contributed by atoms with Crippen LogP contribution in [0.4, 0.5) is 15.8 Å². The van der Waals surface area contributed by atoms with Crippen molar-refractivity contribution in [3.05, 3.63) is 59.9 Å². The topological polar surface area (TPSA) is 41.1 Å². The van der Waals surface area contributed by atoms with E-state index in [1.807, 2.05) is 24.3 Å². The number of carbonyl (C=O) groups is 1. The van der Waals surface area contributed by atoms with E-state index in [1.165, 1.54) is 17.7 Å². The lowest BCUT2D eigenvalue weighted by Gasteiger charge is -2.15. The number of aryl methyl sites for hydroxylation is 1. The fourth-order valence-corrected chi connectivity index (χ4v) is 1.94. The molecule has 1 amide bonds. The normalized spacial score (nSPS) is 11.8. The first-order valence-corrected chi connectivity index (χ1v) is 7.00. The fourth-order valence-electron chi connectivity index (χ4n) is 1.94. The minimum Gasteiger partial charge on any atom is -0.374 e. The molecular formula is C17H19FN2O. The molecule has 0 spiro atoms. The highest BCUT2D eigenvalue weighted by Crippen LogP contribution is 2.13. The highest BCUT2D eigenvalue weighted by molar-refractivity contribution is 5.96. The zero-order chi connectivity index (χ0) is 15.2. The minimum atomic E-state index is -0.415. The van der Waals surface area contributed by atoms with Crippen molar-refractivity contribution in [2.75, 3.05) is 10.6 Å². The van der Waals surface area contributed by atoms with E-state index in [1.54, 1.807) is 19.1 Å². The summed E-state index contributed by atoms with van der Waals surface area (Å²) in [5.41, 5.74) is 2.70. The Balaban J connectivity index is 1.93. The van der Waals surface area contributed by atoms with Gasteiger partial charge in [-0.05, 0) is 55.3 Å². The third-order valence-corrected chi connectivity index (χ3v) is 3.25. The summed E-state index contributed by atoms with van der Waals surface area (Å²) in [6, 6.07) is 13.3. The predicted octanol–water partition coefficient (Wildman–Crippen LogP) is 3.83. The first-order chi connectivity index (χ1) is 10.1. The van der Waals surface area contributed by atoms with Crippen LogP contribution in [0.25, 0.3) is 0 Å². The van der Waals surface area contributed by atoms with Crippen LogP contribution < -0.4 is 10.6 Å². The lowest BCUT2D eigenvalue weighted by atomic mass is 10.1. The van der Waals surface area contributed by atoms with Gasteiger partial charge >= 0.3 is 0 Å². The van der Waals surface area contributed by atoms with E-state index in [9.17, 15) is 9.18 Å². The van der Waals surface area contributed by atoms with Gasteiger partial charge in [0.2, 0.25) is 5.91 Å². The Bertz CT molecular complexity index is 593. The van der Waals surface area contributed by atoms with E-state index in [-0.39, 0.29) is 11.7 Å². The van der Waals surface area contributed by atoms with E-state index < -0.39 is 6.04 Å². The number of hydrogen-bond acceptors (Lipinski definition) is 2. The van der Waals surface area contributed by atoms with Crippen LogP contribution in [-0.2, 0) is 11.2 Å². The maximum Gasteiger partial charge on any atom is 0.246 e. The number of anilines is 2. The maximum absolute atomic E-state index is 12.8. The van der Waals surface area contributed by atoms with E-state index in [0.29, 0.717) is 5.69 Å². The van der Waals surface area contributed by atoms with Gasteiger partial charge in [0, 0.05) is 11.4 Å². The summed E-state index contributed by atoms with van der Waals surface area (Å²) >= 11 is 0. The molecule has 2 aromatic rings. The van der Waals surface area contributed by atoms with E-state index in [4.69, 9.17) is 0 Å². The summed E-state index contributed by atoms with van der Waals surface area (Å²) in [7, 11) is 0. The van der Waals surface area contributed by atoms with Crippen LogP contribution in [-0.4, -0.2) is 11.9 Å². The second-order valence-electron chi connectivity index (χ2n) is 4.91. The molecule has 3 nitrogen and oxygen atoms in total.